The van der Waals surface area contributed by atoms with Crippen molar-refractivity contribution in [1.82, 2.24) is 4.90 Å². The van der Waals surface area contributed by atoms with Crippen molar-refractivity contribution in [1.29, 1.82) is 0 Å². The first-order chi connectivity index (χ1) is 13.1. The standard InChI is InChI=1S/C23H25NO3/c25-21(26)20-9-5-4-6-18(20)16-17-10-14-24(15-11-17)22(27)23(12-13-23)19-7-2-1-3-8-19/h1-9,17H,10-16H2,(H,25,26). The number of amides is 1. The van der Waals surface area contributed by atoms with Crippen LogP contribution in [0, 0.1) is 5.92 Å². The highest BCUT2D eigenvalue weighted by molar-refractivity contribution is 5.91. The Morgan fingerprint density at radius 3 is 2.22 bits per heavy atom. The Labute approximate surface area is 159 Å². The Morgan fingerprint density at radius 1 is 0.963 bits per heavy atom. The first-order valence-electron chi connectivity index (χ1n) is 9.76. The highest BCUT2D eigenvalue weighted by atomic mass is 16.4. The number of piperidine rings is 1. The molecule has 0 aromatic heterocycles. The second kappa shape index (κ2) is 7.18. The van der Waals surface area contributed by atoms with Crippen LogP contribution in [0.1, 0.15) is 47.2 Å². The molecule has 4 nitrogen and oxygen atoms in total. The molecule has 1 heterocycles. The van der Waals surface area contributed by atoms with Gasteiger partial charge < -0.3 is 10.0 Å². The summed E-state index contributed by atoms with van der Waals surface area (Å²) in [5, 5.41) is 9.36. The third-order valence-corrected chi connectivity index (χ3v) is 6.14. The van der Waals surface area contributed by atoms with Crippen LogP contribution in [0.15, 0.2) is 54.6 Å². The van der Waals surface area contributed by atoms with Crippen molar-refractivity contribution in [3.63, 3.8) is 0 Å². The van der Waals surface area contributed by atoms with E-state index in [1.165, 1.54) is 0 Å². The molecule has 2 aliphatic rings. The molecule has 4 rings (SSSR count). The van der Waals surface area contributed by atoms with Gasteiger partial charge in [0.1, 0.15) is 0 Å². The molecule has 0 bridgehead atoms. The Bertz CT molecular complexity index is 834. The summed E-state index contributed by atoms with van der Waals surface area (Å²) in [5.74, 6) is -0.156. The summed E-state index contributed by atoms with van der Waals surface area (Å²) in [7, 11) is 0. The maximum Gasteiger partial charge on any atom is 0.335 e. The topological polar surface area (TPSA) is 57.6 Å². The zero-order valence-electron chi connectivity index (χ0n) is 15.4. The predicted octanol–water partition coefficient (Wildman–Crippen LogP) is 3.90. The van der Waals surface area contributed by atoms with Crippen LogP contribution < -0.4 is 0 Å². The number of likely N-dealkylation sites (tertiary alicyclic amines) is 1. The minimum Gasteiger partial charge on any atom is -0.478 e. The third-order valence-electron chi connectivity index (χ3n) is 6.14. The molecule has 2 aromatic rings. The molecule has 2 aromatic carbocycles. The minimum atomic E-state index is -0.864. The van der Waals surface area contributed by atoms with Crippen molar-refractivity contribution in [2.45, 2.75) is 37.5 Å². The number of carboxylic acids is 1. The van der Waals surface area contributed by atoms with E-state index in [1.807, 2.05) is 35.2 Å². The van der Waals surface area contributed by atoms with E-state index < -0.39 is 5.97 Å². The number of carbonyl (C=O) groups excluding carboxylic acids is 1. The highest BCUT2D eigenvalue weighted by Crippen LogP contribution is 2.50. The zero-order chi connectivity index (χ0) is 18.9. The van der Waals surface area contributed by atoms with E-state index in [-0.39, 0.29) is 11.3 Å². The van der Waals surface area contributed by atoms with Gasteiger partial charge in [0, 0.05) is 13.1 Å². The molecular weight excluding hydrogens is 338 g/mol. The van der Waals surface area contributed by atoms with Gasteiger partial charge in [0.25, 0.3) is 0 Å². The van der Waals surface area contributed by atoms with Gasteiger partial charge in [-0.25, -0.2) is 4.79 Å². The molecule has 1 saturated heterocycles. The molecule has 1 aliphatic carbocycles. The molecule has 0 spiro atoms. The molecule has 0 unspecified atom stereocenters. The van der Waals surface area contributed by atoms with Crippen LogP contribution in [0.3, 0.4) is 0 Å². The highest BCUT2D eigenvalue weighted by Gasteiger charge is 2.53. The summed E-state index contributed by atoms with van der Waals surface area (Å²) in [6.45, 7) is 1.54. The first-order valence-corrected chi connectivity index (χ1v) is 9.76. The predicted molar refractivity (Wildman–Crippen MR) is 104 cm³/mol. The number of hydrogen-bond donors (Lipinski definition) is 1. The number of aromatic carboxylic acids is 1. The van der Waals surface area contributed by atoms with E-state index in [9.17, 15) is 14.7 Å². The summed E-state index contributed by atoms with van der Waals surface area (Å²) in [6, 6.07) is 17.4. The van der Waals surface area contributed by atoms with Crippen molar-refractivity contribution in [2.24, 2.45) is 5.92 Å². The summed E-state index contributed by atoms with van der Waals surface area (Å²) in [6.07, 6.45) is 4.53. The molecular formula is C23H25NO3. The molecule has 0 atom stereocenters. The second-order valence-electron chi connectivity index (χ2n) is 7.85. The fraction of sp³-hybridized carbons (Fsp3) is 0.391. The van der Waals surface area contributed by atoms with Crippen LogP contribution in [-0.4, -0.2) is 35.0 Å². The zero-order valence-corrected chi connectivity index (χ0v) is 15.4. The lowest BCUT2D eigenvalue weighted by atomic mass is 9.87. The Balaban J connectivity index is 1.39. The summed E-state index contributed by atoms with van der Waals surface area (Å²) in [5.41, 5.74) is 2.16. The molecule has 1 N–H and O–H groups in total. The first kappa shape index (κ1) is 17.8. The van der Waals surface area contributed by atoms with Gasteiger partial charge in [-0.1, -0.05) is 48.5 Å². The lowest BCUT2D eigenvalue weighted by Crippen LogP contribution is -2.44. The van der Waals surface area contributed by atoms with Gasteiger partial charge in [-0.15, -0.1) is 0 Å². The third kappa shape index (κ3) is 3.48. The SMILES string of the molecule is O=C(O)c1ccccc1CC1CCN(C(=O)C2(c3ccccc3)CC2)CC1. The molecule has 1 saturated carbocycles. The molecule has 0 radical (unpaired) electrons. The van der Waals surface area contributed by atoms with Crippen molar-refractivity contribution in [2.75, 3.05) is 13.1 Å². The van der Waals surface area contributed by atoms with Crippen LogP contribution >= 0.6 is 0 Å². The number of benzene rings is 2. The molecule has 1 aliphatic heterocycles. The van der Waals surface area contributed by atoms with E-state index in [1.54, 1.807) is 12.1 Å². The van der Waals surface area contributed by atoms with Crippen LogP contribution in [-0.2, 0) is 16.6 Å². The van der Waals surface area contributed by atoms with Crippen LogP contribution in [0.2, 0.25) is 0 Å². The van der Waals surface area contributed by atoms with Gasteiger partial charge >= 0.3 is 5.97 Å². The Hall–Kier alpha value is -2.62. The summed E-state index contributed by atoms with van der Waals surface area (Å²) in [4.78, 5) is 26.6. The van der Waals surface area contributed by atoms with Gasteiger partial charge in [-0.2, -0.15) is 0 Å². The Morgan fingerprint density at radius 2 is 1.59 bits per heavy atom. The number of nitrogens with zero attached hydrogens (tertiary/aromatic N) is 1. The maximum absolute atomic E-state index is 13.1. The van der Waals surface area contributed by atoms with E-state index in [2.05, 4.69) is 12.1 Å². The van der Waals surface area contributed by atoms with Crippen LogP contribution in [0.5, 0.6) is 0 Å². The van der Waals surface area contributed by atoms with E-state index in [0.29, 0.717) is 11.5 Å². The molecule has 27 heavy (non-hydrogen) atoms. The van der Waals surface area contributed by atoms with Crippen molar-refractivity contribution in [3.05, 3.63) is 71.3 Å². The van der Waals surface area contributed by atoms with Crippen LogP contribution in [0.25, 0.3) is 0 Å². The average molecular weight is 363 g/mol. The molecule has 4 heteroatoms. The lowest BCUT2D eigenvalue weighted by Gasteiger charge is -2.35. The molecule has 140 valence electrons. The van der Waals surface area contributed by atoms with Gasteiger partial charge in [0.05, 0.1) is 11.0 Å². The number of hydrogen-bond acceptors (Lipinski definition) is 2. The van der Waals surface area contributed by atoms with E-state index >= 15 is 0 Å². The van der Waals surface area contributed by atoms with E-state index in [0.717, 1.165) is 56.3 Å². The fourth-order valence-corrected chi connectivity index (χ4v) is 4.37. The van der Waals surface area contributed by atoms with Crippen molar-refractivity contribution < 1.29 is 14.7 Å². The smallest absolute Gasteiger partial charge is 0.335 e. The largest absolute Gasteiger partial charge is 0.478 e. The van der Waals surface area contributed by atoms with Gasteiger partial charge in [0.15, 0.2) is 0 Å². The summed E-state index contributed by atoms with van der Waals surface area (Å²) >= 11 is 0. The van der Waals surface area contributed by atoms with Crippen LogP contribution in [0.4, 0.5) is 0 Å². The van der Waals surface area contributed by atoms with Crippen molar-refractivity contribution >= 4 is 11.9 Å². The van der Waals surface area contributed by atoms with Crippen molar-refractivity contribution in [3.8, 4) is 0 Å². The second-order valence-corrected chi connectivity index (χ2v) is 7.85. The van der Waals surface area contributed by atoms with Gasteiger partial charge in [-0.05, 0) is 55.2 Å². The summed E-state index contributed by atoms with van der Waals surface area (Å²) < 4.78 is 0. The van der Waals surface area contributed by atoms with E-state index in [4.69, 9.17) is 0 Å². The maximum atomic E-state index is 13.1. The minimum absolute atomic E-state index is 0.276. The number of carbonyl (C=O) groups is 2. The molecule has 1 amide bonds. The Kier molecular flexibility index (Phi) is 4.73. The quantitative estimate of drug-likeness (QED) is 0.877. The monoisotopic (exact) mass is 363 g/mol. The lowest BCUT2D eigenvalue weighted by molar-refractivity contribution is -0.135. The molecule has 2 fully saturated rings. The fourth-order valence-electron chi connectivity index (χ4n) is 4.37. The average Bonchev–Trinajstić information content (AvgIpc) is 3.51. The van der Waals surface area contributed by atoms with Gasteiger partial charge in [-0.3, -0.25) is 4.79 Å². The number of carboxylic acid groups (broad SMARTS) is 1. The van der Waals surface area contributed by atoms with Gasteiger partial charge in [0.2, 0.25) is 5.91 Å². The number of rotatable bonds is 5. The normalized spacial score (nSPS) is 18.9.